The van der Waals surface area contributed by atoms with Gasteiger partial charge in [0.25, 0.3) is 0 Å². The predicted octanol–water partition coefficient (Wildman–Crippen LogP) is 1.96. The fourth-order valence-corrected chi connectivity index (χ4v) is 2.46. The van der Waals surface area contributed by atoms with E-state index in [9.17, 15) is 9.59 Å². The van der Waals surface area contributed by atoms with E-state index in [1.165, 1.54) is 25.9 Å². The third-order valence-electron chi connectivity index (χ3n) is 3.39. The number of hydrogen-bond donors (Lipinski definition) is 1. The molecule has 1 rings (SSSR count). The lowest BCUT2D eigenvalue weighted by Gasteiger charge is -2.21. The van der Waals surface area contributed by atoms with Crippen LogP contribution in [-0.2, 0) is 14.3 Å². The van der Waals surface area contributed by atoms with Gasteiger partial charge in [0, 0.05) is 19.5 Å². The smallest absolute Gasteiger partial charge is 0.306 e. The van der Waals surface area contributed by atoms with Crippen LogP contribution in [0.2, 0.25) is 0 Å². The topological polar surface area (TPSA) is 58.6 Å². The second-order valence-electron chi connectivity index (χ2n) is 7.00. The minimum Gasteiger partial charge on any atom is -0.460 e. The molecular formula is C16H30N2O3. The van der Waals surface area contributed by atoms with E-state index >= 15 is 0 Å². The molecule has 1 heterocycles. The first-order valence-corrected chi connectivity index (χ1v) is 7.97. The lowest BCUT2D eigenvalue weighted by molar-refractivity contribution is -0.155. The van der Waals surface area contributed by atoms with E-state index in [0.717, 1.165) is 6.54 Å². The number of likely N-dealkylation sites (tertiary alicyclic amines) is 1. The van der Waals surface area contributed by atoms with Gasteiger partial charge in [-0.1, -0.05) is 6.92 Å². The van der Waals surface area contributed by atoms with E-state index in [1.54, 1.807) is 0 Å². The van der Waals surface area contributed by atoms with E-state index in [0.29, 0.717) is 12.5 Å². The zero-order valence-corrected chi connectivity index (χ0v) is 13.9. The molecule has 0 saturated carbocycles. The van der Waals surface area contributed by atoms with Gasteiger partial charge < -0.3 is 15.0 Å². The minimum absolute atomic E-state index is 0.0749. The summed E-state index contributed by atoms with van der Waals surface area (Å²) >= 11 is 0. The van der Waals surface area contributed by atoms with Crippen LogP contribution in [0.1, 0.15) is 53.4 Å². The van der Waals surface area contributed by atoms with Crippen molar-refractivity contribution in [1.29, 1.82) is 0 Å². The molecule has 1 N–H and O–H groups in total. The van der Waals surface area contributed by atoms with Crippen molar-refractivity contribution in [2.45, 2.75) is 59.0 Å². The number of ether oxygens (including phenoxy) is 1. The third-order valence-corrected chi connectivity index (χ3v) is 3.39. The van der Waals surface area contributed by atoms with Crippen LogP contribution < -0.4 is 5.32 Å². The Morgan fingerprint density at radius 2 is 1.81 bits per heavy atom. The molecule has 122 valence electrons. The molecule has 1 fully saturated rings. The van der Waals surface area contributed by atoms with Crippen LogP contribution >= 0.6 is 0 Å². The largest absolute Gasteiger partial charge is 0.460 e. The fourth-order valence-electron chi connectivity index (χ4n) is 2.46. The van der Waals surface area contributed by atoms with Crippen molar-refractivity contribution in [3.8, 4) is 0 Å². The maximum atomic E-state index is 11.7. The molecule has 0 aromatic rings. The summed E-state index contributed by atoms with van der Waals surface area (Å²) in [5.41, 5.74) is -0.488. The highest BCUT2D eigenvalue weighted by Crippen LogP contribution is 2.10. The quantitative estimate of drug-likeness (QED) is 0.730. The number of rotatable bonds is 7. The normalized spacial score (nSPS) is 17.5. The fraction of sp³-hybridized carbons (Fsp3) is 0.875. The molecule has 0 spiro atoms. The highest BCUT2D eigenvalue weighted by molar-refractivity contribution is 5.81. The summed E-state index contributed by atoms with van der Waals surface area (Å²) in [5.74, 6) is 0.0467. The van der Waals surface area contributed by atoms with Crippen LogP contribution in [0.5, 0.6) is 0 Å². The number of carbonyl (C=O) groups excluding carboxylic acids is 2. The molecule has 21 heavy (non-hydrogen) atoms. The summed E-state index contributed by atoms with van der Waals surface area (Å²) in [7, 11) is 0. The van der Waals surface area contributed by atoms with Crippen LogP contribution in [0.15, 0.2) is 0 Å². The van der Waals surface area contributed by atoms with Crippen molar-refractivity contribution in [2.24, 2.45) is 5.92 Å². The second-order valence-corrected chi connectivity index (χ2v) is 7.00. The first-order chi connectivity index (χ1) is 9.76. The Hall–Kier alpha value is -1.10. The Morgan fingerprint density at radius 3 is 2.38 bits per heavy atom. The van der Waals surface area contributed by atoms with Gasteiger partial charge in [-0.3, -0.25) is 9.59 Å². The van der Waals surface area contributed by atoms with Gasteiger partial charge >= 0.3 is 5.97 Å². The van der Waals surface area contributed by atoms with E-state index in [4.69, 9.17) is 4.74 Å². The Balaban J connectivity index is 2.11. The van der Waals surface area contributed by atoms with Crippen molar-refractivity contribution >= 4 is 11.9 Å². The summed E-state index contributed by atoms with van der Waals surface area (Å²) in [6.07, 6.45) is 2.92. The van der Waals surface area contributed by atoms with Crippen molar-refractivity contribution < 1.29 is 14.3 Å². The zero-order chi connectivity index (χ0) is 15.9. The standard InChI is InChI=1S/C16H30N2O3/c1-13(12-18-9-5-6-10-18)11-17-14(19)7-8-15(20)21-16(2,3)4/h13H,5-12H2,1-4H3,(H,17,19). The maximum absolute atomic E-state index is 11.7. The summed E-state index contributed by atoms with van der Waals surface area (Å²) in [6, 6.07) is 0. The average molecular weight is 298 g/mol. The molecule has 1 aliphatic rings. The SMILES string of the molecule is CC(CNC(=O)CCC(=O)OC(C)(C)C)CN1CCCC1. The highest BCUT2D eigenvalue weighted by atomic mass is 16.6. The predicted molar refractivity (Wildman–Crippen MR) is 82.9 cm³/mol. The molecule has 1 saturated heterocycles. The van der Waals surface area contributed by atoms with Gasteiger partial charge in [-0.2, -0.15) is 0 Å². The molecule has 1 unspecified atom stereocenters. The summed E-state index contributed by atoms with van der Waals surface area (Å²) < 4.78 is 5.18. The molecule has 5 heteroatoms. The monoisotopic (exact) mass is 298 g/mol. The van der Waals surface area contributed by atoms with Crippen LogP contribution in [0.4, 0.5) is 0 Å². The Kier molecular flexibility index (Phi) is 7.15. The summed E-state index contributed by atoms with van der Waals surface area (Å²) in [4.78, 5) is 25.7. The van der Waals surface area contributed by atoms with Crippen molar-refractivity contribution in [3.63, 3.8) is 0 Å². The number of amides is 1. The molecule has 0 aromatic heterocycles. The van der Waals surface area contributed by atoms with Crippen LogP contribution in [0, 0.1) is 5.92 Å². The average Bonchev–Trinajstić information content (AvgIpc) is 2.84. The molecule has 0 aliphatic carbocycles. The lowest BCUT2D eigenvalue weighted by atomic mass is 10.1. The maximum Gasteiger partial charge on any atom is 0.306 e. The van der Waals surface area contributed by atoms with Gasteiger partial charge in [0.1, 0.15) is 5.60 Å². The van der Waals surface area contributed by atoms with Crippen LogP contribution in [0.25, 0.3) is 0 Å². The van der Waals surface area contributed by atoms with Crippen molar-refractivity contribution in [2.75, 3.05) is 26.2 Å². The van der Waals surface area contributed by atoms with E-state index in [2.05, 4.69) is 17.1 Å². The van der Waals surface area contributed by atoms with Gasteiger partial charge in [-0.05, 0) is 52.6 Å². The van der Waals surface area contributed by atoms with Gasteiger partial charge in [-0.25, -0.2) is 0 Å². The summed E-state index contributed by atoms with van der Waals surface area (Å²) in [6.45, 7) is 11.7. The first kappa shape index (κ1) is 18.0. The number of esters is 1. The highest BCUT2D eigenvalue weighted by Gasteiger charge is 2.18. The van der Waals surface area contributed by atoms with Gasteiger partial charge in [0.15, 0.2) is 0 Å². The molecule has 0 aromatic carbocycles. The number of carbonyl (C=O) groups is 2. The molecule has 0 radical (unpaired) electrons. The first-order valence-electron chi connectivity index (χ1n) is 7.97. The van der Waals surface area contributed by atoms with Gasteiger partial charge in [-0.15, -0.1) is 0 Å². The molecular weight excluding hydrogens is 268 g/mol. The Labute approximate surface area is 128 Å². The lowest BCUT2D eigenvalue weighted by Crippen LogP contribution is -2.34. The summed E-state index contributed by atoms with van der Waals surface area (Å²) in [5, 5.41) is 2.90. The third kappa shape index (κ3) is 8.71. The Morgan fingerprint density at radius 1 is 1.19 bits per heavy atom. The minimum atomic E-state index is -0.488. The van der Waals surface area contributed by atoms with E-state index in [1.807, 2.05) is 20.8 Å². The van der Waals surface area contributed by atoms with E-state index in [-0.39, 0.29) is 24.7 Å². The number of nitrogens with zero attached hydrogens (tertiary/aromatic N) is 1. The molecule has 1 amide bonds. The molecule has 0 bridgehead atoms. The molecule has 1 aliphatic heterocycles. The van der Waals surface area contributed by atoms with Crippen molar-refractivity contribution in [1.82, 2.24) is 10.2 Å². The molecule has 1 atom stereocenters. The van der Waals surface area contributed by atoms with Gasteiger partial charge in [0.2, 0.25) is 5.91 Å². The number of hydrogen-bond acceptors (Lipinski definition) is 4. The van der Waals surface area contributed by atoms with Crippen LogP contribution in [0.3, 0.4) is 0 Å². The Bertz CT molecular complexity index is 344. The zero-order valence-electron chi connectivity index (χ0n) is 13.9. The second kappa shape index (κ2) is 8.37. The van der Waals surface area contributed by atoms with Crippen molar-refractivity contribution in [3.05, 3.63) is 0 Å². The number of nitrogens with one attached hydrogen (secondary N) is 1. The van der Waals surface area contributed by atoms with E-state index < -0.39 is 5.60 Å². The van der Waals surface area contributed by atoms with Gasteiger partial charge in [0.05, 0.1) is 6.42 Å². The molecule has 5 nitrogen and oxygen atoms in total. The van der Waals surface area contributed by atoms with Crippen LogP contribution in [-0.4, -0.2) is 48.6 Å².